The molecule has 1 aliphatic heterocycles. The van der Waals surface area contributed by atoms with Gasteiger partial charge in [0.15, 0.2) is 0 Å². The second-order valence-corrected chi connectivity index (χ2v) is 15.5. The minimum Gasteiger partial charge on any atom is -0.461 e. The predicted octanol–water partition coefficient (Wildman–Crippen LogP) is 5.29. The summed E-state index contributed by atoms with van der Waals surface area (Å²) in [5.74, 6) is -0.762. The van der Waals surface area contributed by atoms with E-state index >= 15 is 0 Å². The van der Waals surface area contributed by atoms with Crippen molar-refractivity contribution in [2.24, 2.45) is 11.8 Å². The van der Waals surface area contributed by atoms with E-state index < -0.39 is 21.5 Å². The van der Waals surface area contributed by atoms with Gasteiger partial charge in [0.2, 0.25) is 10.0 Å². The van der Waals surface area contributed by atoms with Gasteiger partial charge in [-0.1, -0.05) is 54.6 Å². The number of hydrogen-bond acceptors (Lipinski definition) is 8. The van der Waals surface area contributed by atoms with Gasteiger partial charge in [-0.25, -0.2) is 13.2 Å². The van der Waals surface area contributed by atoms with Crippen molar-refractivity contribution < 1.29 is 32.5 Å². The Bertz CT molecular complexity index is 1590. The second-order valence-electron chi connectivity index (χ2n) is 12.5. The number of morpholine rings is 1. The van der Waals surface area contributed by atoms with Gasteiger partial charge < -0.3 is 19.3 Å². The topological polar surface area (TPSA) is 106 Å². The van der Waals surface area contributed by atoms with Crippen molar-refractivity contribution in [2.75, 3.05) is 63.2 Å². The summed E-state index contributed by atoms with van der Waals surface area (Å²) in [6.45, 7) is 4.73. The maximum absolute atomic E-state index is 13.1. The fourth-order valence-electron chi connectivity index (χ4n) is 6.32. The number of ether oxygens (including phenoxy) is 3. The molecule has 3 aromatic carbocycles. The molecule has 0 spiro atoms. The van der Waals surface area contributed by atoms with Crippen molar-refractivity contribution in [1.29, 1.82) is 0 Å². The molecule has 1 aliphatic carbocycles. The number of esters is 1. The number of carbonyl (C=O) groups is 1. The molecule has 2 aliphatic rings. The molecule has 0 amide bonds. The average molecular weight is 720 g/mol. The van der Waals surface area contributed by atoms with Crippen LogP contribution in [0, 0.1) is 11.8 Å². The molecule has 1 heterocycles. The first-order valence-corrected chi connectivity index (χ1v) is 19.0. The number of aliphatic hydroxyl groups excluding tert-OH is 1. The van der Waals surface area contributed by atoms with Gasteiger partial charge in [0.25, 0.3) is 0 Å². The minimum absolute atomic E-state index is 0.0977. The summed E-state index contributed by atoms with van der Waals surface area (Å²) in [5, 5.41) is 10.1. The van der Waals surface area contributed by atoms with Crippen LogP contribution in [-0.2, 0) is 37.3 Å². The molecule has 260 valence electrons. The maximum Gasteiger partial charge on any atom is 0.338 e. The van der Waals surface area contributed by atoms with E-state index in [0.29, 0.717) is 62.6 Å². The molecule has 0 bridgehead atoms. The zero-order valence-corrected chi connectivity index (χ0v) is 29.5. The highest BCUT2D eigenvalue weighted by Gasteiger charge is 2.43. The molecule has 3 unspecified atom stereocenters. The van der Waals surface area contributed by atoms with Crippen molar-refractivity contribution in [3.05, 3.63) is 101 Å². The molecule has 5 atom stereocenters. The highest BCUT2D eigenvalue weighted by atomic mass is 35.5. The summed E-state index contributed by atoms with van der Waals surface area (Å²) < 4.78 is 44.6. The smallest absolute Gasteiger partial charge is 0.338 e. The lowest BCUT2D eigenvalue weighted by Crippen LogP contribution is -2.39. The lowest BCUT2D eigenvalue weighted by molar-refractivity contribution is 0.0195. The van der Waals surface area contributed by atoms with Crippen LogP contribution < -0.4 is 4.31 Å². The highest BCUT2D eigenvalue weighted by Crippen LogP contribution is 2.41. The number of anilines is 1. The largest absolute Gasteiger partial charge is 0.461 e. The van der Waals surface area contributed by atoms with Gasteiger partial charge in [-0.3, -0.25) is 9.21 Å². The van der Waals surface area contributed by atoms with E-state index in [1.54, 1.807) is 42.5 Å². The van der Waals surface area contributed by atoms with Gasteiger partial charge in [0, 0.05) is 38.5 Å². The Kier molecular flexibility index (Phi) is 13.2. The fourth-order valence-corrected chi connectivity index (χ4v) is 8.07. The third-order valence-electron chi connectivity index (χ3n) is 8.99. The van der Waals surface area contributed by atoms with Crippen molar-refractivity contribution in [3.63, 3.8) is 0 Å². The molecule has 1 saturated heterocycles. The van der Waals surface area contributed by atoms with Crippen molar-refractivity contribution in [3.8, 4) is 0 Å². The van der Waals surface area contributed by atoms with E-state index in [1.807, 2.05) is 36.4 Å². The predicted molar refractivity (Wildman–Crippen MR) is 188 cm³/mol. The van der Waals surface area contributed by atoms with E-state index in [0.717, 1.165) is 24.2 Å². The molecule has 0 radical (unpaired) electrons. The third-order valence-corrected chi connectivity index (χ3v) is 11.4. The number of sulfonamides is 1. The van der Waals surface area contributed by atoms with Crippen LogP contribution in [0.3, 0.4) is 0 Å². The monoisotopic (exact) mass is 718 g/mol. The summed E-state index contributed by atoms with van der Waals surface area (Å²) >= 11 is 13.4. The van der Waals surface area contributed by atoms with Gasteiger partial charge in [0.05, 0.1) is 60.8 Å². The molecular weight excluding hydrogens is 675 g/mol. The zero-order valence-electron chi connectivity index (χ0n) is 27.1. The molecule has 2 fully saturated rings. The summed E-state index contributed by atoms with van der Waals surface area (Å²) in [6, 6.07) is 23.8. The Hall–Kier alpha value is -2.70. The van der Waals surface area contributed by atoms with Crippen LogP contribution in [0.1, 0.15) is 39.6 Å². The van der Waals surface area contributed by atoms with E-state index in [9.17, 15) is 18.3 Å². The number of nitrogens with zero attached hydrogens (tertiary/aromatic N) is 2. The van der Waals surface area contributed by atoms with Crippen LogP contribution in [0.15, 0.2) is 78.9 Å². The number of rotatable bonds is 15. The van der Waals surface area contributed by atoms with E-state index in [1.165, 1.54) is 10.6 Å². The number of hydrogen-bond donors (Lipinski definition) is 1. The average Bonchev–Trinajstić information content (AvgIpc) is 3.35. The van der Waals surface area contributed by atoms with E-state index in [-0.39, 0.29) is 36.3 Å². The standard InChI is InChI=1S/C36H44Cl2N2O7S/c1-48(43,44)40(31-12-6-10-28(21-31)34(41)20-26-7-3-2-4-8-26)23-32-30(22-33(37)35(32)38)25-46-24-27-9-5-11-29(19-27)36(42)47-18-15-39-13-16-45-17-14-39/h2-12,19,21,30,32-35,41H,13-18,20,22-25H2,1H3/t30-,32-,33?,34?,35?/m1/s1. The molecular formula is C36H44Cl2N2O7S. The number of benzene rings is 3. The van der Waals surface area contributed by atoms with Crippen LogP contribution in [0.4, 0.5) is 5.69 Å². The van der Waals surface area contributed by atoms with Gasteiger partial charge in [-0.2, -0.15) is 0 Å². The molecule has 1 saturated carbocycles. The van der Waals surface area contributed by atoms with Crippen molar-refractivity contribution in [2.45, 2.75) is 36.3 Å². The Labute approximate surface area is 293 Å². The Morgan fingerprint density at radius 2 is 1.75 bits per heavy atom. The first-order chi connectivity index (χ1) is 23.1. The number of halogens is 2. The lowest BCUT2D eigenvalue weighted by atomic mass is 9.96. The number of alkyl halides is 2. The van der Waals surface area contributed by atoms with Crippen molar-refractivity contribution in [1.82, 2.24) is 4.90 Å². The summed E-state index contributed by atoms with van der Waals surface area (Å²) in [6.07, 6.45) is 1.35. The zero-order chi connectivity index (χ0) is 34.1. The first-order valence-electron chi connectivity index (χ1n) is 16.3. The number of aliphatic hydroxyl groups is 1. The Morgan fingerprint density at radius 3 is 2.50 bits per heavy atom. The normalized spacial score (nSPS) is 22.3. The number of carbonyl (C=O) groups excluding carboxylic acids is 1. The molecule has 9 nitrogen and oxygen atoms in total. The molecule has 1 N–H and O–H groups in total. The minimum atomic E-state index is -3.70. The lowest BCUT2D eigenvalue weighted by Gasteiger charge is -2.30. The third kappa shape index (κ3) is 10.2. The molecule has 3 aromatic rings. The van der Waals surface area contributed by atoms with Crippen molar-refractivity contribution >= 4 is 44.9 Å². The van der Waals surface area contributed by atoms with Gasteiger partial charge in [0.1, 0.15) is 6.61 Å². The SMILES string of the molecule is CS(=O)(=O)N(C[C@H]1C(Cl)C(Cl)C[C@@H]1COCc1cccc(C(=O)OCCN2CCOCC2)c1)c1cccc(C(O)Cc2ccccc2)c1. The summed E-state index contributed by atoms with van der Waals surface area (Å²) in [7, 11) is -3.70. The van der Waals surface area contributed by atoms with Gasteiger partial charge in [-0.15, -0.1) is 23.2 Å². The van der Waals surface area contributed by atoms with E-state index in [4.69, 9.17) is 37.4 Å². The van der Waals surface area contributed by atoms with Crippen LogP contribution in [-0.4, -0.2) is 94.0 Å². The summed E-state index contributed by atoms with van der Waals surface area (Å²) in [5.41, 5.74) is 3.34. The Morgan fingerprint density at radius 1 is 1.02 bits per heavy atom. The van der Waals surface area contributed by atoms with Crippen LogP contribution in [0.5, 0.6) is 0 Å². The van der Waals surface area contributed by atoms with Crippen LogP contribution in [0.25, 0.3) is 0 Å². The first kappa shape index (κ1) is 36.6. The molecule has 5 rings (SSSR count). The molecule has 0 aromatic heterocycles. The molecule has 12 heteroatoms. The van der Waals surface area contributed by atoms with Crippen LogP contribution >= 0.6 is 23.2 Å². The Balaban J connectivity index is 1.19. The molecule has 48 heavy (non-hydrogen) atoms. The quantitative estimate of drug-likeness (QED) is 0.167. The second kappa shape index (κ2) is 17.3. The van der Waals surface area contributed by atoms with E-state index in [2.05, 4.69) is 4.90 Å². The highest BCUT2D eigenvalue weighted by molar-refractivity contribution is 7.92. The van der Waals surface area contributed by atoms with Crippen LogP contribution in [0.2, 0.25) is 0 Å². The summed E-state index contributed by atoms with van der Waals surface area (Å²) in [4.78, 5) is 14.9. The van der Waals surface area contributed by atoms with Gasteiger partial charge in [-0.05, 0) is 53.3 Å². The maximum atomic E-state index is 13.1. The fraction of sp³-hybridized carbons (Fsp3) is 0.472. The van der Waals surface area contributed by atoms with Gasteiger partial charge >= 0.3 is 5.97 Å².